The van der Waals surface area contributed by atoms with Crippen molar-refractivity contribution in [2.75, 3.05) is 13.1 Å². The molecule has 2 aromatic rings. The molecule has 2 rings (SSSR count). The van der Waals surface area contributed by atoms with Crippen LogP contribution < -0.4 is 10.6 Å². The van der Waals surface area contributed by atoms with Crippen molar-refractivity contribution < 1.29 is 27.9 Å². The third kappa shape index (κ3) is 4.98. The highest BCUT2D eigenvalue weighted by molar-refractivity contribution is 5.97. The molecule has 8 heteroatoms. The molecule has 0 saturated carbocycles. The molecule has 2 amide bonds. The number of carbonyl (C=O) groups excluding carboxylic acids is 2. The van der Waals surface area contributed by atoms with Crippen LogP contribution in [-0.4, -0.2) is 30.0 Å². The fraction of sp³-hybridized carbons (Fsp3) is 0.222. The summed E-state index contributed by atoms with van der Waals surface area (Å²) >= 11 is 0. The maximum atomic E-state index is 12.5. The van der Waals surface area contributed by atoms with Crippen LogP contribution in [0.4, 0.5) is 13.2 Å². The number of rotatable bonds is 5. The molecule has 0 fully saturated rings. The van der Waals surface area contributed by atoms with Gasteiger partial charge in [0.25, 0.3) is 11.8 Å². The van der Waals surface area contributed by atoms with Crippen LogP contribution in [-0.2, 0) is 6.18 Å². The highest BCUT2D eigenvalue weighted by atomic mass is 19.4. The fourth-order valence-electron chi connectivity index (χ4n) is 2.19. The molecule has 0 unspecified atom stereocenters. The van der Waals surface area contributed by atoms with E-state index >= 15 is 0 Å². The molecule has 0 aliphatic carbocycles. The molecule has 0 heterocycles. The van der Waals surface area contributed by atoms with Crippen LogP contribution in [0.1, 0.15) is 31.8 Å². The Morgan fingerprint density at radius 3 is 2.08 bits per heavy atom. The fourth-order valence-corrected chi connectivity index (χ4v) is 2.19. The minimum Gasteiger partial charge on any atom is -0.507 e. The summed E-state index contributed by atoms with van der Waals surface area (Å²) in [7, 11) is 0. The maximum Gasteiger partial charge on any atom is 0.416 e. The predicted octanol–water partition coefficient (Wildman–Crippen LogP) is 2.88. The minimum absolute atomic E-state index is 0.0816. The van der Waals surface area contributed by atoms with Gasteiger partial charge in [0, 0.05) is 18.7 Å². The quantitative estimate of drug-likeness (QED) is 0.712. The summed E-state index contributed by atoms with van der Waals surface area (Å²) in [6, 6.07) is 8.46. The first-order chi connectivity index (χ1) is 12.2. The van der Waals surface area contributed by atoms with E-state index in [0.717, 1.165) is 29.8 Å². The first-order valence-electron chi connectivity index (χ1n) is 7.72. The Kier molecular flexibility index (Phi) is 5.86. The van der Waals surface area contributed by atoms with Gasteiger partial charge in [-0.05, 0) is 48.9 Å². The molecule has 0 aliphatic rings. The van der Waals surface area contributed by atoms with E-state index in [0.29, 0.717) is 0 Å². The number of carbonyl (C=O) groups is 2. The lowest BCUT2D eigenvalue weighted by molar-refractivity contribution is -0.137. The number of phenolic OH excluding ortho intramolecular Hbond substituents is 1. The summed E-state index contributed by atoms with van der Waals surface area (Å²) in [5.41, 5.74) is 0.173. The van der Waals surface area contributed by atoms with Crippen LogP contribution in [0.15, 0.2) is 42.5 Å². The Morgan fingerprint density at radius 1 is 0.962 bits per heavy atom. The SMILES string of the molecule is Cc1ccc(C(=O)NCCNC(=O)c2ccc(C(F)(F)F)cc2)c(O)c1. The summed E-state index contributed by atoms with van der Waals surface area (Å²) in [5, 5.41) is 14.7. The van der Waals surface area contributed by atoms with E-state index in [1.807, 2.05) is 0 Å². The summed E-state index contributed by atoms with van der Waals surface area (Å²) in [4.78, 5) is 23.8. The number of benzene rings is 2. The summed E-state index contributed by atoms with van der Waals surface area (Å²) in [6.45, 7) is 1.95. The standard InChI is InChI=1S/C18H17F3N2O3/c1-11-2-7-14(15(24)10-11)17(26)23-9-8-22-16(25)12-3-5-13(6-4-12)18(19,20)21/h2-7,10,24H,8-9H2,1H3,(H,22,25)(H,23,26). The van der Waals surface area contributed by atoms with Gasteiger partial charge in [-0.3, -0.25) is 9.59 Å². The summed E-state index contributed by atoms with van der Waals surface area (Å²) < 4.78 is 37.4. The van der Waals surface area contributed by atoms with Gasteiger partial charge in [0.1, 0.15) is 5.75 Å². The maximum absolute atomic E-state index is 12.5. The topological polar surface area (TPSA) is 78.4 Å². The van der Waals surface area contributed by atoms with Crippen molar-refractivity contribution in [1.29, 1.82) is 0 Å². The number of nitrogens with one attached hydrogen (secondary N) is 2. The second-order valence-electron chi connectivity index (χ2n) is 5.61. The van der Waals surface area contributed by atoms with Crippen molar-refractivity contribution in [2.24, 2.45) is 0 Å². The zero-order valence-corrected chi connectivity index (χ0v) is 13.9. The van der Waals surface area contributed by atoms with Crippen LogP contribution in [0.5, 0.6) is 5.75 Å². The molecule has 5 nitrogen and oxygen atoms in total. The number of hydrogen-bond acceptors (Lipinski definition) is 3. The molecule has 0 spiro atoms. The van der Waals surface area contributed by atoms with E-state index in [-0.39, 0.29) is 30.0 Å². The normalized spacial score (nSPS) is 11.1. The lowest BCUT2D eigenvalue weighted by atomic mass is 10.1. The average molecular weight is 366 g/mol. The molecule has 2 aromatic carbocycles. The van der Waals surface area contributed by atoms with Crippen molar-refractivity contribution in [3.05, 3.63) is 64.7 Å². The van der Waals surface area contributed by atoms with E-state index in [2.05, 4.69) is 10.6 Å². The van der Waals surface area contributed by atoms with Crippen molar-refractivity contribution >= 4 is 11.8 Å². The van der Waals surface area contributed by atoms with Crippen molar-refractivity contribution in [3.8, 4) is 5.75 Å². The Morgan fingerprint density at radius 2 is 1.54 bits per heavy atom. The number of halogens is 3. The van der Waals surface area contributed by atoms with E-state index in [9.17, 15) is 27.9 Å². The van der Waals surface area contributed by atoms with Gasteiger partial charge in [-0.1, -0.05) is 6.07 Å². The first-order valence-corrected chi connectivity index (χ1v) is 7.72. The molecule has 0 bridgehead atoms. The Labute approximate surface area is 147 Å². The molecule has 0 aromatic heterocycles. The highest BCUT2D eigenvalue weighted by Gasteiger charge is 2.30. The Balaban J connectivity index is 1.82. The second kappa shape index (κ2) is 7.90. The molecule has 26 heavy (non-hydrogen) atoms. The lowest BCUT2D eigenvalue weighted by Crippen LogP contribution is -2.34. The van der Waals surface area contributed by atoms with Gasteiger partial charge in [0.2, 0.25) is 0 Å². The third-order valence-corrected chi connectivity index (χ3v) is 3.57. The smallest absolute Gasteiger partial charge is 0.416 e. The van der Waals surface area contributed by atoms with Gasteiger partial charge in [-0.2, -0.15) is 13.2 Å². The van der Waals surface area contributed by atoms with Crippen molar-refractivity contribution in [3.63, 3.8) is 0 Å². The third-order valence-electron chi connectivity index (χ3n) is 3.57. The number of aryl methyl sites for hydroxylation is 1. The van der Waals surface area contributed by atoms with Gasteiger partial charge < -0.3 is 15.7 Å². The van der Waals surface area contributed by atoms with Gasteiger partial charge in [-0.15, -0.1) is 0 Å². The number of phenols is 1. The van der Waals surface area contributed by atoms with Gasteiger partial charge in [0.15, 0.2) is 0 Å². The molecule has 3 N–H and O–H groups in total. The van der Waals surface area contributed by atoms with E-state index in [1.54, 1.807) is 13.0 Å². The Bertz CT molecular complexity index is 802. The highest BCUT2D eigenvalue weighted by Crippen LogP contribution is 2.29. The Hall–Kier alpha value is -3.03. The zero-order valence-electron chi connectivity index (χ0n) is 13.9. The summed E-state index contributed by atoms with van der Waals surface area (Å²) in [6.07, 6.45) is -4.46. The zero-order chi connectivity index (χ0) is 19.3. The average Bonchev–Trinajstić information content (AvgIpc) is 2.57. The number of hydrogen-bond donors (Lipinski definition) is 3. The molecule has 0 aliphatic heterocycles. The van der Waals surface area contributed by atoms with Gasteiger partial charge in [-0.25, -0.2) is 0 Å². The van der Waals surface area contributed by atoms with E-state index in [1.165, 1.54) is 12.1 Å². The van der Waals surface area contributed by atoms with E-state index < -0.39 is 23.6 Å². The molecule has 0 radical (unpaired) electrons. The molecular weight excluding hydrogens is 349 g/mol. The lowest BCUT2D eigenvalue weighted by Gasteiger charge is -2.10. The first kappa shape index (κ1) is 19.3. The number of alkyl halides is 3. The summed E-state index contributed by atoms with van der Waals surface area (Å²) in [5.74, 6) is -1.19. The van der Waals surface area contributed by atoms with E-state index in [4.69, 9.17) is 0 Å². The van der Waals surface area contributed by atoms with Crippen LogP contribution in [0.3, 0.4) is 0 Å². The monoisotopic (exact) mass is 366 g/mol. The van der Waals surface area contributed by atoms with Crippen molar-refractivity contribution in [1.82, 2.24) is 10.6 Å². The van der Waals surface area contributed by atoms with Crippen molar-refractivity contribution in [2.45, 2.75) is 13.1 Å². The molecule has 0 saturated heterocycles. The van der Waals surface area contributed by atoms with Gasteiger partial charge >= 0.3 is 6.18 Å². The molecular formula is C18H17F3N2O3. The number of amides is 2. The van der Waals surface area contributed by atoms with Gasteiger partial charge in [0.05, 0.1) is 11.1 Å². The number of aromatic hydroxyl groups is 1. The van der Waals surface area contributed by atoms with Crippen LogP contribution in [0, 0.1) is 6.92 Å². The molecule has 0 atom stereocenters. The van der Waals surface area contributed by atoms with Crippen LogP contribution in [0.25, 0.3) is 0 Å². The minimum atomic E-state index is -4.46. The molecule has 138 valence electrons. The largest absolute Gasteiger partial charge is 0.507 e. The van der Waals surface area contributed by atoms with Crippen LogP contribution >= 0.6 is 0 Å². The predicted molar refractivity (Wildman–Crippen MR) is 89.0 cm³/mol. The second-order valence-corrected chi connectivity index (χ2v) is 5.61. The van der Waals surface area contributed by atoms with Crippen LogP contribution in [0.2, 0.25) is 0 Å².